The Balaban J connectivity index is 2.58. The molecule has 18 heavy (non-hydrogen) atoms. The summed E-state index contributed by atoms with van der Waals surface area (Å²) < 4.78 is 5.01. The molecule has 2 N–H and O–H groups in total. The fourth-order valence-electron chi connectivity index (χ4n) is 1.36. The highest BCUT2D eigenvalue weighted by molar-refractivity contribution is 5.80. The Morgan fingerprint density at radius 2 is 2.17 bits per heavy atom. The minimum atomic E-state index is -1.10. The molecule has 0 aromatic carbocycles. The number of alkyl carbamates (subject to hydrolysis) is 1. The van der Waals surface area contributed by atoms with Crippen molar-refractivity contribution < 1.29 is 19.4 Å². The number of carbonyl (C=O) groups is 2. The maximum absolute atomic E-state index is 11.5. The van der Waals surface area contributed by atoms with Crippen LogP contribution in [0.25, 0.3) is 0 Å². The SMILES string of the molecule is CC(C)(C)OC(=O)NC(CC1=C=CC=C1)C(=O)O. The number of aliphatic carboxylic acids is 1. The molecule has 1 aliphatic carbocycles. The van der Waals surface area contributed by atoms with Crippen molar-refractivity contribution in [1.29, 1.82) is 0 Å². The van der Waals surface area contributed by atoms with Crippen molar-refractivity contribution in [2.24, 2.45) is 0 Å². The first-order valence-corrected chi connectivity index (χ1v) is 5.62. The third kappa shape index (κ3) is 4.89. The van der Waals surface area contributed by atoms with Crippen molar-refractivity contribution in [3.8, 4) is 0 Å². The van der Waals surface area contributed by atoms with Crippen LogP contribution in [-0.4, -0.2) is 28.8 Å². The number of ether oxygens (including phenoxy) is 1. The zero-order valence-electron chi connectivity index (χ0n) is 10.7. The van der Waals surface area contributed by atoms with E-state index in [1.165, 1.54) is 0 Å². The molecular weight excluding hydrogens is 234 g/mol. The van der Waals surface area contributed by atoms with Gasteiger partial charge in [0.25, 0.3) is 0 Å². The molecule has 0 aliphatic heterocycles. The van der Waals surface area contributed by atoms with E-state index in [4.69, 9.17) is 9.84 Å². The number of rotatable bonds is 4. The minimum absolute atomic E-state index is 0.182. The van der Waals surface area contributed by atoms with E-state index in [1.807, 2.05) is 0 Å². The Hall–Kier alpha value is -2.00. The van der Waals surface area contributed by atoms with Gasteiger partial charge in [0.15, 0.2) is 0 Å². The second-order valence-corrected chi connectivity index (χ2v) is 4.94. The summed E-state index contributed by atoms with van der Waals surface area (Å²) in [4.78, 5) is 22.5. The first-order chi connectivity index (χ1) is 8.28. The van der Waals surface area contributed by atoms with Crippen LogP contribution in [0.15, 0.2) is 29.5 Å². The molecule has 0 radical (unpaired) electrons. The van der Waals surface area contributed by atoms with Crippen molar-refractivity contribution in [3.05, 3.63) is 29.5 Å². The van der Waals surface area contributed by atoms with Crippen LogP contribution < -0.4 is 5.32 Å². The molecule has 1 atom stereocenters. The van der Waals surface area contributed by atoms with Crippen LogP contribution in [0.1, 0.15) is 27.2 Å². The average molecular weight is 251 g/mol. The van der Waals surface area contributed by atoms with Gasteiger partial charge in [-0.25, -0.2) is 9.59 Å². The third-order valence-electron chi connectivity index (χ3n) is 2.08. The highest BCUT2D eigenvalue weighted by Gasteiger charge is 2.24. The van der Waals surface area contributed by atoms with Gasteiger partial charge in [0, 0.05) is 6.42 Å². The van der Waals surface area contributed by atoms with Crippen molar-refractivity contribution >= 4 is 12.1 Å². The van der Waals surface area contributed by atoms with Gasteiger partial charge in [-0.3, -0.25) is 0 Å². The lowest BCUT2D eigenvalue weighted by Gasteiger charge is -2.21. The van der Waals surface area contributed by atoms with Crippen LogP contribution in [0.5, 0.6) is 0 Å². The second-order valence-electron chi connectivity index (χ2n) is 4.94. The Bertz CT molecular complexity index is 436. The molecule has 0 aromatic heterocycles. The third-order valence-corrected chi connectivity index (χ3v) is 2.08. The Labute approximate surface area is 106 Å². The molecule has 1 amide bonds. The topological polar surface area (TPSA) is 75.6 Å². The molecule has 1 rings (SSSR count). The van der Waals surface area contributed by atoms with Gasteiger partial charge in [-0.05, 0) is 32.4 Å². The number of hydrogen-bond donors (Lipinski definition) is 2. The Morgan fingerprint density at radius 3 is 2.61 bits per heavy atom. The molecular formula is C13H17NO4. The highest BCUT2D eigenvalue weighted by Crippen LogP contribution is 2.12. The van der Waals surface area contributed by atoms with Gasteiger partial charge in [-0.15, -0.1) is 5.73 Å². The summed E-state index contributed by atoms with van der Waals surface area (Å²) in [6, 6.07) is -1.02. The summed E-state index contributed by atoms with van der Waals surface area (Å²) in [7, 11) is 0. The summed E-state index contributed by atoms with van der Waals surface area (Å²) in [6.45, 7) is 5.15. The van der Waals surface area contributed by atoms with Crippen LogP contribution in [-0.2, 0) is 9.53 Å². The first-order valence-electron chi connectivity index (χ1n) is 5.62. The van der Waals surface area contributed by atoms with Crippen LogP contribution in [0.4, 0.5) is 4.79 Å². The molecule has 1 unspecified atom stereocenters. The molecule has 0 saturated heterocycles. The largest absolute Gasteiger partial charge is 0.480 e. The quantitative estimate of drug-likeness (QED) is 0.749. The lowest BCUT2D eigenvalue weighted by molar-refractivity contribution is -0.139. The van der Waals surface area contributed by atoms with Gasteiger partial charge in [-0.2, -0.15) is 0 Å². The minimum Gasteiger partial charge on any atom is -0.480 e. The van der Waals surface area contributed by atoms with Gasteiger partial charge in [0.05, 0.1) is 0 Å². The summed E-state index contributed by atoms with van der Waals surface area (Å²) in [6.07, 6.45) is 4.67. The first kappa shape index (κ1) is 14.1. The average Bonchev–Trinajstić information content (AvgIpc) is 2.66. The fraction of sp³-hybridized carbons (Fsp3) is 0.462. The predicted octanol–water partition coefficient (Wildman–Crippen LogP) is 2.01. The molecule has 0 bridgehead atoms. The van der Waals surface area contributed by atoms with Crippen LogP contribution in [0, 0.1) is 0 Å². The number of carboxylic acid groups (broad SMARTS) is 1. The van der Waals surface area contributed by atoms with E-state index in [-0.39, 0.29) is 6.42 Å². The van der Waals surface area contributed by atoms with Crippen LogP contribution >= 0.6 is 0 Å². The molecule has 0 fully saturated rings. The fourth-order valence-corrected chi connectivity index (χ4v) is 1.36. The summed E-state index contributed by atoms with van der Waals surface area (Å²) in [5.74, 6) is -1.10. The van der Waals surface area contributed by atoms with Gasteiger partial charge in [0.2, 0.25) is 0 Å². The van der Waals surface area contributed by atoms with E-state index in [2.05, 4.69) is 11.0 Å². The number of amides is 1. The number of carboxylic acids is 1. The predicted molar refractivity (Wildman–Crippen MR) is 66.1 cm³/mol. The van der Waals surface area contributed by atoms with E-state index in [1.54, 1.807) is 39.0 Å². The number of carbonyl (C=O) groups excluding carboxylic acids is 1. The van der Waals surface area contributed by atoms with Crippen molar-refractivity contribution in [1.82, 2.24) is 5.32 Å². The maximum Gasteiger partial charge on any atom is 0.408 e. The van der Waals surface area contributed by atoms with E-state index in [0.29, 0.717) is 0 Å². The van der Waals surface area contributed by atoms with Crippen LogP contribution in [0.2, 0.25) is 0 Å². The second kappa shape index (κ2) is 5.56. The van der Waals surface area contributed by atoms with Gasteiger partial charge in [-0.1, -0.05) is 12.2 Å². The molecule has 0 heterocycles. The maximum atomic E-state index is 11.5. The number of nitrogens with one attached hydrogen (secondary N) is 1. The van der Waals surface area contributed by atoms with Crippen molar-refractivity contribution in [2.45, 2.75) is 38.8 Å². The normalized spacial score (nSPS) is 15.2. The molecule has 0 saturated carbocycles. The van der Waals surface area contributed by atoms with E-state index in [0.717, 1.165) is 5.57 Å². The molecule has 0 spiro atoms. The number of hydrogen-bond acceptors (Lipinski definition) is 3. The van der Waals surface area contributed by atoms with Crippen LogP contribution in [0.3, 0.4) is 0 Å². The molecule has 0 aromatic rings. The van der Waals surface area contributed by atoms with Crippen molar-refractivity contribution in [2.75, 3.05) is 0 Å². The molecule has 1 aliphatic rings. The number of allylic oxidation sites excluding steroid dienone is 2. The standard InChI is InChI=1S/C13H17NO4/c1-13(2,3)18-12(17)14-10(11(15)16)8-9-6-4-5-7-9/h4-6,10H,8H2,1-3H3,(H,14,17)(H,15,16). The van der Waals surface area contributed by atoms with Gasteiger partial charge in [0.1, 0.15) is 11.6 Å². The summed E-state index contributed by atoms with van der Waals surface area (Å²) in [5, 5.41) is 11.4. The summed E-state index contributed by atoms with van der Waals surface area (Å²) in [5.41, 5.74) is 2.97. The Morgan fingerprint density at radius 1 is 1.50 bits per heavy atom. The smallest absolute Gasteiger partial charge is 0.408 e. The van der Waals surface area contributed by atoms with Crippen molar-refractivity contribution in [3.63, 3.8) is 0 Å². The lowest BCUT2D eigenvalue weighted by Crippen LogP contribution is -2.43. The molecule has 5 heteroatoms. The molecule has 98 valence electrons. The summed E-state index contributed by atoms with van der Waals surface area (Å²) >= 11 is 0. The lowest BCUT2D eigenvalue weighted by atomic mass is 10.1. The highest BCUT2D eigenvalue weighted by atomic mass is 16.6. The van der Waals surface area contributed by atoms with E-state index >= 15 is 0 Å². The zero-order valence-corrected chi connectivity index (χ0v) is 10.7. The van der Waals surface area contributed by atoms with E-state index in [9.17, 15) is 9.59 Å². The molecule has 5 nitrogen and oxygen atoms in total. The zero-order chi connectivity index (χ0) is 13.8. The Kier molecular flexibility index (Phi) is 4.34. The monoisotopic (exact) mass is 251 g/mol. The van der Waals surface area contributed by atoms with Gasteiger partial charge < -0.3 is 15.2 Å². The van der Waals surface area contributed by atoms with E-state index < -0.39 is 23.7 Å². The van der Waals surface area contributed by atoms with Gasteiger partial charge >= 0.3 is 12.1 Å².